The SMILES string of the molecule is CC(C)NCCOc1ncc(-c2cc3c(cc2F)ncc2c3[C@]3(C[C@H](OCc4ccccc4)C3)C(=O)N2C)cc1NS(C)(=O)=O. The lowest BCUT2D eigenvalue weighted by Gasteiger charge is -2.43. The highest BCUT2D eigenvalue weighted by Gasteiger charge is 2.59. The Morgan fingerprint density at radius 2 is 1.87 bits per heavy atom. The molecule has 4 aromatic rings. The van der Waals surface area contributed by atoms with Crippen LogP contribution < -0.4 is 19.7 Å². The monoisotopic (exact) mass is 633 g/mol. The number of ether oxygens (including phenoxy) is 2. The predicted octanol–water partition coefficient (Wildman–Crippen LogP) is 4.78. The molecule has 1 amide bonds. The van der Waals surface area contributed by atoms with Crippen LogP contribution in [0.5, 0.6) is 5.88 Å². The van der Waals surface area contributed by atoms with E-state index in [-0.39, 0.29) is 41.8 Å². The van der Waals surface area contributed by atoms with Gasteiger partial charge in [0, 0.05) is 54.0 Å². The number of amides is 1. The van der Waals surface area contributed by atoms with Crippen LogP contribution in [0.1, 0.15) is 37.8 Å². The zero-order valence-corrected chi connectivity index (χ0v) is 26.4. The first-order valence-electron chi connectivity index (χ1n) is 14.9. The summed E-state index contributed by atoms with van der Waals surface area (Å²) in [6.07, 6.45) is 5.00. The quantitative estimate of drug-likeness (QED) is 0.227. The third-order valence-corrected chi connectivity index (χ3v) is 8.91. The van der Waals surface area contributed by atoms with Crippen LogP contribution in [-0.2, 0) is 31.6 Å². The lowest BCUT2D eigenvalue weighted by Crippen LogP contribution is -2.52. The fraction of sp³-hybridized carbons (Fsp3) is 0.364. The summed E-state index contributed by atoms with van der Waals surface area (Å²) in [6.45, 7) is 5.25. The van der Waals surface area contributed by atoms with E-state index in [9.17, 15) is 13.2 Å². The van der Waals surface area contributed by atoms with E-state index < -0.39 is 21.3 Å². The van der Waals surface area contributed by atoms with Crippen molar-refractivity contribution >= 4 is 38.2 Å². The van der Waals surface area contributed by atoms with E-state index in [1.807, 2.05) is 44.2 Å². The van der Waals surface area contributed by atoms with Crippen LogP contribution in [-0.4, -0.2) is 62.9 Å². The minimum atomic E-state index is -3.69. The van der Waals surface area contributed by atoms with E-state index in [1.54, 1.807) is 24.2 Å². The van der Waals surface area contributed by atoms with Crippen LogP contribution in [0.2, 0.25) is 0 Å². The summed E-state index contributed by atoms with van der Waals surface area (Å²) >= 11 is 0. The van der Waals surface area contributed by atoms with Gasteiger partial charge in [0.2, 0.25) is 21.8 Å². The van der Waals surface area contributed by atoms with Crippen LogP contribution in [0.3, 0.4) is 0 Å². The summed E-state index contributed by atoms with van der Waals surface area (Å²) in [7, 11) is -1.96. The number of pyridine rings is 2. The van der Waals surface area contributed by atoms with Crippen LogP contribution >= 0.6 is 0 Å². The van der Waals surface area contributed by atoms with E-state index in [0.717, 1.165) is 17.4 Å². The maximum absolute atomic E-state index is 15.7. The molecule has 2 N–H and O–H groups in total. The van der Waals surface area contributed by atoms with Gasteiger partial charge < -0.3 is 19.7 Å². The summed E-state index contributed by atoms with van der Waals surface area (Å²) in [6, 6.07) is 14.7. The second-order valence-electron chi connectivity index (χ2n) is 12.0. The van der Waals surface area contributed by atoms with Gasteiger partial charge in [0.25, 0.3) is 0 Å². The van der Waals surface area contributed by atoms with Crippen molar-refractivity contribution in [2.75, 3.05) is 36.1 Å². The molecule has 12 heteroatoms. The fourth-order valence-corrected chi connectivity index (χ4v) is 6.75. The van der Waals surface area contributed by atoms with E-state index in [0.29, 0.717) is 48.1 Å². The lowest BCUT2D eigenvalue weighted by molar-refractivity contribution is -0.134. The van der Waals surface area contributed by atoms with Gasteiger partial charge in [-0.2, -0.15) is 0 Å². The van der Waals surface area contributed by atoms with Gasteiger partial charge in [-0.3, -0.25) is 14.5 Å². The average molecular weight is 634 g/mol. The molecule has 2 aliphatic rings. The van der Waals surface area contributed by atoms with Crippen molar-refractivity contribution in [3.63, 3.8) is 0 Å². The third-order valence-electron chi connectivity index (χ3n) is 8.32. The molecule has 236 valence electrons. The summed E-state index contributed by atoms with van der Waals surface area (Å²) in [4.78, 5) is 24.1. The number of rotatable bonds is 11. The predicted molar refractivity (Wildman–Crippen MR) is 171 cm³/mol. The van der Waals surface area contributed by atoms with E-state index >= 15 is 4.39 Å². The number of aromatic nitrogens is 2. The highest BCUT2D eigenvalue weighted by Crippen LogP contribution is 2.56. The molecule has 1 fully saturated rings. The van der Waals surface area contributed by atoms with Gasteiger partial charge in [-0.05, 0) is 30.5 Å². The second-order valence-corrected chi connectivity index (χ2v) is 13.8. The molecule has 0 radical (unpaired) electrons. The fourth-order valence-electron chi connectivity index (χ4n) is 6.20. The van der Waals surface area contributed by atoms with Crippen molar-refractivity contribution in [3.8, 4) is 17.0 Å². The van der Waals surface area contributed by atoms with Crippen LogP contribution in [0, 0.1) is 5.82 Å². The molecule has 1 aliphatic heterocycles. The summed E-state index contributed by atoms with van der Waals surface area (Å²) in [5.41, 5.74) is 2.81. The standard InChI is InChI=1S/C33H36FN5O5S/c1-20(2)35-10-11-43-31-28(38-45(4,41)42)12-22(17-37-31)24-13-25-27(14-26(24)34)36-18-29-30(25)33(32(40)39(29)3)15-23(16-33)44-19-21-8-6-5-7-9-21/h5-9,12-14,17-18,20,23,35,38H,10-11,15-16,19H2,1-4H3/t23-,33+. The van der Waals surface area contributed by atoms with Crippen molar-refractivity contribution in [2.24, 2.45) is 0 Å². The molecule has 10 nitrogen and oxygen atoms in total. The van der Waals surface area contributed by atoms with E-state index in [4.69, 9.17) is 9.47 Å². The summed E-state index contributed by atoms with van der Waals surface area (Å²) < 4.78 is 54.4. The first-order chi connectivity index (χ1) is 21.4. The molecule has 6 rings (SSSR count). The van der Waals surface area contributed by atoms with Gasteiger partial charge in [-0.1, -0.05) is 44.2 Å². The number of nitrogens with one attached hydrogen (secondary N) is 2. The van der Waals surface area contributed by atoms with Gasteiger partial charge in [0.1, 0.15) is 18.1 Å². The maximum Gasteiger partial charge on any atom is 0.238 e. The third kappa shape index (κ3) is 6.09. The molecule has 1 spiro atoms. The molecule has 2 aromatic heterocycles. The smallest absolute Gasteiger partial charge is 0.238 e. The van der Waals surface area contributed by atoms with Gasteiger partial charge in [-0.25, -0.2) is 17.8 Å². The Hall–Kier alpha value is -4.13. The molecule has 45 heavy (non-hydrogen) atoms. The Balaban J connectivity index is 1.35. The minimum absolute atomic E-state index is 0.0352. The number of fused-ring (bicyclic) bond motifs is 4. The first-order valence-corrected chi connectivity index (χ1v) is 16.7. The van der Waals surface area contributed by atoms with Crippen LogP contribution in [0.25, 0.3) is 22.0 Å². The molecule has 0 unspecified atom stereocenters. The van der Waals surface area contributed by atoms with Gasteiger partial charge >= 0.3 is 0 Å². The molecule has 3 heterocycles. The molecule has 2 aromatic carbocycles. The largest absolute Gasteiger partial charge is 0.475 e. The van der Waals surface area contributed by atoms with Crippen molar-refractivity contribution < 1.29 is 27.1 Å². The van der Waals surface area contributed by atoms with Gasteiger partial charge in [0.05, 0.1) is 41.8 Å². The van der Waals surface area contributed by atoms with Gasteiger partial charge in [-0.15, -0.1) is 0 Å². The number of nitrogens with zero attached hydrogens (tertiary/aromatic N) is 3. The Labute approximate surface area is 262 Å². The molecule has 0 saturated heterocycles. The Bertz CT molecular complexity index is 1860. The zero-order valence-electron chi connectivity index (χ0n) is 25.6. The Morgan fingerprint density at radius 1 is 1.11 bits per heavy atom. The number of benzene rings is 2. The van der Waals surface area contributed by atoms with Crippen molar-refractivity contribution in [2.45, 2.75) is 50.9 Å². The summed E-state index contributed by atoms with van der Waals surface area (Å²) in [5.74, 6) is -0.506. The first kappa shape index (κ1) is 30.9. The second kappa shape index (κ2) is 12.0. The van der Waals surface area contributed by atoms with Crippen molar-refractivity contribution in [1.82, 2.24) is 15.3 Å². The number of hydrogen-bond donors (Lipinski definition) is 2. The molecule has 0 atom stereocenters. The number of carbonyl (C=O) groups is 1. The number of carbonyl (C=O) groups excluding carboxylic acids is 1. The number of hydrogen-bond acceptors (Lipinski definition) is 8. The van der Waals surface area contributed by atoms with Crippen molar-refractivity contribution in [3.05, 3.63) is 77.9 Å². The molecule has 1 aliphatic carbocycles. The number of halogens is 1. The minimum Gasteiger partial charge on any atom is -0.475 e. The Kier molecular flexibility index (Phi) is 8.23. The van der Waals surface area contributed by atoms with E-state index in [1.165, 1.54) is 18.3 Å². The lowest BCUT2D eigenvalue weighted by atomic mass is 9.62. The maximum atomic E-state index is 15.7. The molecular weight excluding hydrogens is 597 g/mol. The van der Waals surface area contributed by atoms with E-state index in [2.05, 4.69) is 20.0 Å². The Morgan fingerprint density at radius 3 is 2.58 bits per heavy atom. The van der Waals surface area contributed by atoms with Crippen LogP contribution in [0.4, 0.5) is 15.8 Å². The topological polar surface area (TPSA) is 123 Å². The average Bonchev–Trinajstić information content (AvgIpc) is 3.20. The number of anilines is 2. The zero-order chi connectivity index (χ0) is 31.9. The number of sulfonamides is 1. The molecule has 1 saturated carbocycles. The van der Waals surface area contributed by atoms with Gasteiger partial charge in [0.15, 0.2) is 0 Å². The highest BCUT2D eigenvalue weighted by atomic mass is 32.2. The molecule has 0 bridgehead atoms. The normalized spacial score (nSPS) is 19.3. The summed E-state index contributed by atoms with van der Waals surface area (Å²) in [5, 5.41) is 3.88. The highest BCUT2D eigenvalue weighted by molar-refractivity contribution is 7.92. The molecular formula is C33H36FN5O5S. The number of likely N-dealkylation sites (N-methyl/N-ethyl adjacent to an activating group) is 1. The van der Waals surface area contributed by atoms with Crippen molar-refractivity contribution in [1.29, 1.82) is 0 Å². The van der Waals surface area contributed by atoms with Crippen LogP contribution in [0.15, 0.2) is 60.9 Å².